The van der Waals surface area contributed by atoms with Crippen LogP contribution in [0.4, 0.5) is 4.39 Å². The SMILES string of the molecule is Cc1cc[c]c(F)c1. The molecular formula is C7H6F. The van der Waals surface area contributed by atoms with Crippen molar-refractivity contribution in [2.45, 2.75) is 6.92 Å². The quantitative estimate of drug-likeness (QED) is 0.477. The van der Waals surface area contributed by atoms with Crippen molar-refractivity contribution in [2.24, 2.45) is 0 Å². The highest BCUT2D eigenvalue weighted by molar-refractivity contribution is 5.12. The molecule has 0 bridgehead atoms. The molecule has 0 aliphatic heterocycles. The summed E-state index contributed by atoms with van der Waals surface area (Å²) in [5.74, 6) is -0.287. The highest BCUT2D eigenvalue weighted by atomic mass is 19.1. The van der Waals surface area contributed by atoms with Gasteiger partial charge in [0.25, 0.3) is 0 Å². The van der Waals surface area contributed by atoms with Crippen LogP contribution >= 0.6 is 0 Å². The molecule has 0 fully saturated rings. The first-order valence-electron chi connectivity index (χ1n) is 2.43. The molecule has 0 unspecified atom stereocenters. The standard InChI is InChI=1S/C7H6F/c1-6-3-2-4-7(8)5-6/h2-3,5H,1H3. The minimum Gasteiger partial charge on any atom is -0.206 e. The summed E-state index contributed by atoms with van der Waals surface area (Å²) in [5.41, 5.74) is 0.932. The Morgan fingerprint density at radius 1 is 1.62 bits per heavy atom. The maximum Gasteiger partial charge on any atom is 0.131 e. The number of hydrogen-bond acceptors (Lipinski definition) is 0. The van der Waals surface area contributed by atoms with E-state index in [2.05, 4.69) is 6.07 Å². The molecule has 0 heterocycles. The van der Waals surface area contributed by atoms with Crippen molar-refractivity contribution < 1.29 is 4.39 Å². The molecule has 1 aromatic rings. The molecule has 0 atom stereocenters. The Kier molecular flexibility index (Phi) is 1.29. The second kappa shape index (κ2) is 1.95. The Bertz CT molecular complexity index is 164. The maximum absolute atomic E-state index is 12.1. The number of halogens is 1. The predicted octanol–water partition coefficient (Wildman–Crippen LogP) is 1.93. The molecule has 0 spiro atoms. The maximum atomic E-state index is 12.1. The van der Waals surface area contributed by atoms with Gasteiger partial charge in [0.2, 0.25) is 0 Å². The van der Waals surface area contributed by atoms with Crippen molar-refractivity contribution in [3.63, 3.8) is 0 Å². The van der Waals surface area contributed by atoms with E-state index in [0.29, 0.717) is 0 Å². The summed E-state index contributed by atoms with van der Waals surface area (Å²) < 4.78 is 12.1. The van der Waals surface area contributed by atoms with Crippen LogP contribution in [0, 0.1) is 18.8 Å². The lowest BCUT2D eigenvalue weighted by molar-refractivity contribution is 0.624. The lowest BCUT2D eigenvalue weighted by Gasteiger charge is -1.86. The highest BCUT2D eigenvalue weighted by Crippen LogP contribution is 1.98. The molecule has 0 nitrogen and oxygen atoms in total. The first-order valence-corrected chi connectivity index (χ1v) is 2.43. The number of hydrogen-bond donors (Lipinski definition) is 0. The summed E-state index contributed by atoms with van der Waals surface area (Å²) in [6, 6.07) is 7.23. The first kappa shape index (κ1) is 5.29. The largest absolute Gasteiger partial charge is 0.206 e. The fourth-order valence-corrected chi connectivity index (χ4v) is 0.542. The highest BCUT2D eigenvalue weighted by Gasteiger charge is 1.85. The van der Waals surface area contributed by atoms with Gasteiger partial charge in [0, 0.05) is 6.07 Å². The summed E-state index contributed by atoms with van der Waals surface area (Å²) >= 11 is 0. The van der Waals surface area contributed by atoms with Crippen LogP contribution in [0.5, 0.6) is 0 Å². The number of aryl methyl sites for hydroxylation is 1. The van der Waals surface area contributed by atoms with Crippen molar-refractivity contribution in [1.82, 2.24) is 0 Å². The third kappa shape index (κ3) is 1.06. The third-order valence-electron chi connectivity index (χ3n) is 0.922. The summed E-state index contributed by atoms with van der Waals surface area (Å²) in [7, 11) is 0. The predicted molar refractivity (Wildman–Crippen MR) is 30.0 cm³/mol. The third-order valence-corrected chi connectivity index (χ3v) is 0.922. The van der Waals surface area contributed by atoms with Gasteiger partial charge >= 0.3 is 0 Å². The van der Waals surface area contributed by atoms with Gasteiger partial charge in [0.1, 0.15) is 5.82 Å². The second-order valence-corrected chi connectivity index (χ2v) is 1.71. The van der Waals surface area contributed by atoms with Gasteiger partial charge in [-0.2, -0.15) is 0 Å². The summed E-state index contributed by atoms with van der Waals surface area (Å²) in [5, 5.41) is 0. The molecule has 0 aromatic heterocycles. The molecule has 1 rings (SSSR count). The minimum absolute atomic E-state index is 0.287. The second-order valence-electron chi connectivity index (χ2n) is 1.71. The molecule has 1 heteroatoms. The average molecular weight is 109 g/mol. The fraction of sp³-hybridized carbons (Fsp3) is 0.143. The summed E-state index contributed by atoms with van der Waals surface area (Å²) in [4.78, 5) is 0. The van der Waals surface area contributed by atoms with Crippen molar-refractivity contribution >= 4 is 0 Å². The van der Waals surface area contributed by atoms with Crippen LogP contribution in [0.3, 0.4) is 0 Å². The molecule has 0 saturated heterocycles. The lowest BCUT2D eigenvalue weighted by atomic mass is 10.2. The van der Waals surface area contributed by atoms with Crippen molar-refractivity contribution in [3.05, 3.63) is 35.6 Å². The van der Waals surface area contributed by atoms with E-state index in [9.17, 15) is 4.39 Å². The van der Waals surface area contributed by atoms with Crippen LogP contribution in [0.25, 0.3) is 0 Å². The first-order chi connectivity index (χ1) is 3.79. The molecule has 8 heavy (non-hydrogen) atoms. The van der Waals surface area contributed by atoms with Crippen LogP contribution in [0.1, 0.15) is 5.56 Å². The molecule has 41 valence electrons. The summed E-state index contributed by atoms with van der Waals surface area (Å²) in [6.07, 6.45) is 0. The Morgan fingerprint density at radius 2 is 2.38 bits per heavy atom. The van der Waals surface area contributed by atoms with Crippen molar-refractivity contribution in [1.29, 1.82) is 0 Å². The molecule has 0 saturated carbocycles. The Hall–Kier alpha value is -0.850. The molecule has 0 aliphatic carbocycles. The van der Waals surface area contributed by atoms with E-state index in [0.717, 1.165) is 5.56 Å². The molecule has 1 aromatic carbocycles. The van der Waals surface area contributed by atoms with Crippen molar-refractivity contribution in [2.75, 3.05) is 0 Å². The zero-order valence-electron chi connectivity index (χ0n) is 4.61. The van der Waals surface area contributed by atoms with Gasteiger partial charge < -0.3 is 0 Å². The van der Waals surface area contributed by atoms with E-state index in [1.54, 1.807) is 6.07 Å². The van der Waals surface area contributed by atoms with E-state index >= 15 is 0 Å². The van der Waals surface area contributed by atoms with Gasteiger partial charge in [-0.15, -0.1) is 0 Å². The number of rotatable bonds is 0. The van der Waals surface area contributed by atoms with E-state index in [4.69, 9.17) is 0 Å². The Balaban J connectivity index is 3.08. The van der Waals surface area contributed by atoms with Crippen LogP contribution in [-0.4, -0.2) is 0 Å². The van der Waals surface area contributed by atoms with Crippen molar-refractivity contribution in [3.8, 4) is 0 Å². The van der Waals surface area contributed by atoms with Gasteiger partial charge in [-0.25, -0.2) is 4.39 Å². The smallest absolute Gasteiger partial charge is 0.131 e. The Labute approximate surface area is 48.0 Å². The molecule has 0 N–H and O–H groups in total. The molecule has 0 amide bonds. The number of benzene rings is 1. The monoisotopic (exact) mass is 109 g/mol. The van der Waals surface area contributed by atoms with E-state index in [1.165, 1.54) is 6.07 Å². The fourth-order valence-electron chi connectivity index (χ4n) is 0.542. The topological polar surface area (TPSA) is 0 Å². The van der Waals surface area contributed by atoms with E-state index in [-0.39, 0.29) is 5.82 Å². The van der Waals surface area contributed by atoms with Crippen LogP contribution in [-0.2, 0) is 0 Å². The van der Waals surface area contributed by atoms with Gasteiger partial charge in [-0.3, -0.25) is 0 Å². The molecule has 1 radical (unpaired) electrons. The lowest BCUT2D eigenvalue weighted by Crippen LogP contribution is -1.73. The minimum atomic E-state index is -0.287. The van der Waals surface area contributed by atoms with E-state index in [1.807, 2.05) is 13.0 Å². The van der Waals surface area contributed by atoms with Gasteiger partial charge in [-0.1, -0.05) is 12.1 Å². The summed E-state index contributed by atoms with van der Waals surface area (Å²) in [6.45, 7) is 1.84. The normalized spacial score (nSPS) is 9.25. The van der Waals surface area contributed by atoms with Gasteiger partial charge in [0.05, 0.1) is 0 Å². The van der Waals surface area contributed by atoms with Crippen LogP contribution in [0.2, 0.25) is 0 Å². The van der Waals surface area contributed by atoms with Gasteiger partial charge in [0.15, 0.2) is 0 Å². The van der Waals surface area contributed by atoms with Crippen LogP contribution < -0.4 is 0 Å². The average Bonchev–Trinajstić information content (AvgIpc) is 1.64. The molecular weight excluding hydrogens is 103 g/mol. The van der Waals surface area contributed by atoms with Crippen LogP contribution in [0.15, 0.2) is 18.2 Å². The Morgan fingerprint density at radius 3 is 2.75 bits per heavy atom. The zero-order valence-corrected chi connectivity index (χ0v) is 4.61. The molecule has 0 aliphatic rings. The zero-order chi connectivity index (χ0) is 5.98. The van der Waals surface area contributed by atoms with Gasteiger partial charge in [-0.05, 0) is 18.6 Å². The van der Waals surface area contributed by atoms with E-state index < -0.39 is 0 Å².